The molecule has 0 radical (unpaired) electrons. The van der Waals surface area contributed by atoms with Gasteiger partial charge >= 0.3 is 5.97 Å². The van der Waals surface area contributed by atoms with E-state index < -0.39 is 5.97 Å². The Morgan fingerprint density at radius 3 is 2.21 bits per heavy atom. The van der Waals surface area contributed by atoms with E-state index >= 15 is 0 Å². The predicted octanol–water partition coefficient (Wildman–Crippen LogP) is 6.81. The molecular formula is C29H33NO3. The maximum absolute atomic E-state index is 10.7. The van der Waals surface area contributed by atoms with Crippen molar-refractivity contribution in [1.29, 1.82) is 0 Å². The van der Waals surface area contributed by atoms with Crippen molar-refractivity contribution in [2.45, 2.75) is 44.6 Å². The second-order valence-corrected chi connectivity index (χ2v) is 9.09. The van der Waals surface area contributed by atoms with E-state index in [0.717, 1.165) is 24.0 Å². The molecule has 172 valence electrons. The Labute approximate surface area is 196 Å². The van der Waals surface area contributed by atoms with Gasteiger partial charge in [0.25, 0.3) is 0 Å². The second-order valence-electron chi connectivity index (χ2n) is 9.09. The number of allylic oxidation sites excluding steroid dienone is 4. The monoisotopic (exact) mass is 443 g/mol. The van der Waals surface area contributed by atoms with Gasteiger partial charge in [0.05, 0.1) is 0 Å². The molecule has 0 saturated heterocycles. The number of rotatable bonds is 11. The number of carboxylic acids is 1. The molecule has 4 atom stereocenters. The molecule has 0 spiro atoms. The zero-order valence-corrected chi connectivity index (χ0v) is 19.0. The fourth-order valence-electron chi connectivity index (χ4n) is 5.17. The third-order valence-electron chi connectivity index (χ3n) is 6.92. The van der Waals surface area contributed by atoms with Crippen LogP contribution in [0.15, 0.2) is 90.1 Å². The highest BCUT2D eigenvalue weighted by atomic mass is 16.6. The zero-order chi connectivity index (χ0) is 22.9. The fourth-order valence-corrected chi connectivity index (χ4v) is 5.17. The van der Waals surface area contributed by atoms with Crippen LogP contribution in [0.2, 0.25) is 0 Å². The highest BCUT2D eigenvalue weighted by molar-refractivity contribution is 5.66. The number of oxime groups is 1. The Morgan fingerprint density at radius 2 is 1.61 bits per heavy atom. The first-order chi connectivity index (χ1) is 16.2. The number of nitrogens with zero attached hydrogens (tertiary/aromatic N) is 1. The summed E-state index contributed by atoms with van der Waals surface area (Å²) in [6, 6.07) is 20.5. The van der Waals surface area contributed by atoms with Crippen molar-refractivity contribution in [3.63, 3.8) is 0 Å². The van der Waals surface area contributed by atoms with Crippen LogP contribution in [0.1, 0.15) is 55.8 Å². The molecule has 1 saturated carbocycles. The van der Waals surface area contributed by atoms with Crippen LogP contribution < -0.4 is 0 Å². The van der Waals surface area contributed by atoms with E-state index in [9.17, 15) is 4.79 Å². The van der Waals surface area contributed by atoms with Crippen molar-refractivity contribution >= 4 is 12.2 Å². The molecule has 0 aliphatic heterocycles. The Hall–Kier alpha value is -3.14. The average Bonchev–Trinajstić information content (AvgIpc) is 2.86. The number of hydrogen-bond acceptors (Lipinski definition) is 3. The molecule has 33 heavy (non-hydrogen) atoms. The van der Waals surface area contributed by atoms with Gasteiger partial charge in [-0.15, -0.1) is 0 Å². The Kier molecular flexibility index (Phi) is 8.13. The number of unbranched alkanes of at least 4 members (excludes halogenated alkanes) is 1. The minimum atomic E-state index is -0.723. The van der Waals surface area contributed by atoms with Gasteiger partial charge in [-0.3, -0.25) is 4.79 Å². The lowest BCUT2D eigenvalue weighted by molar-refractivity contribution is -0.137. The summed E-state index contributed by atoms with van der Waals surface area (Å²) < 4.78 is 0. The minimum absolute atomic E-state index is 0.229. The standard InChI is InChI=1S/C29H33NO3/c31-28(32)16-10-2-1-9-15-26-22-17-19-23(20-18-22)27(26)21-30-33-29(24-11-5-3-6-12-24)25-13-7-4-8-14-25/h1,3-9,11-14,17,19,21-23,26-27,29H,2,10,15-16,18,20H2,(H,31,32)/t22-,23+,26-,27?/m0/s1. The summed E-state index contributed by atoms with van der Waals surface area (Å²) in [5.74, 6) is 1.25. The summed E-state index contributed by atoms with van der Waals surface area (Å²) in [5.41, 5.74) is 2.18. The normalized spacial score (nSPS) is 24.2. The highest BCUT2D eigenvalue weighted by Crippen LogP contribution is 2.45. The van der Waals surface area contributed by atoms with Gasteiger partial charge in [0.1, 0.15) is 0 Å². The van der Waals surface area contributed by atoms with E-state index in [2.05, 4.69) is 53.7 Å². The van der Waals surface area contributed by atoms with Gasteiger partial charge in [-0.1, -0.05) is 90.1 Å². The minimum Gasteiger partial charge on any atom is -0.481 e. The molecule has 5 rings (SSSR count). The third kappa shape index (κ3) is 6.22. The van der Waals surface area contributed by atoms with E-state index in [-0.39, 0.29) is 12.5 Å². The van der Waals surface area contributed by atoms with E-state index in [0.29, 0.717) is 30.1 Å². The van der Waals surface area contributed by atoms with Gasteiger partial charge in [-0.25, -0.2) is 0 Å². The van der Waals surface area contributed by atoms with Gasteiger partial charge < -0.3 is 9.94 Å². The van der Waals surface area contributed by atoms with Crippen LogP contribution >= 0.6 is 0 Å². The summed E-state index contributed by atoms with van der Waals surface area (Å²) in [5, 5.41) is 13.3. The van der Waals surface area contributed by atoms with E-state index in [1.54, 1.807) is 0 Å². The molecule has 0 aromatic heterocycles. The van der Waals surface area contributed by atoms with Crippen molar-refractivity contribution in [3.05, 3.63) is 96.1 Å². The Balaban J connectivity index is 1.42. The van der Waals surface area contributed by atoms with E-state index in [1.165, 1.54) is 12.8 Å². The van der Waals surface area contributed by atoms with Gasteiger partial charge in [-0.2, -0.15) is 0 Å². The van der Waals surface area contributed by atoms with E-state index in [1.807, 2.05) is 42.6 Å². The Morgan fingerprint density at radius 1 is 0.970 bits per heavy atom. The van der Waals surface area contributed by atoms with Gasteiger partial charge in [0, 0.05) is 18.6 Å². The molecule has 1 unspecified atom stereocenters. The summed E-state index contributed by atoms with van der Waals surface area (Å²) in [4.78, 5) is 16.8. The van der Waals surface area contributed by atoms with Crippen LogP contribution in [0.25, 0.3) is 0 Å². The van der Waals surface area contributed by atoms with Crippen molar-refractivity contribution in [3.8, 4) is 0 Å². The van der Waals surface area contributed by atoms with Crippen molar-refractivity contribution in [1.82, 2.24) is 0 Å². The number of carbonyl (C=O) groups is 1. The summed E-state index contributed by atoms with van der Waals surface area (Å²) in [7, 11) is 0. The molecule has 2 bridgehead atoms. The number of benzene rings is 2. The SMILES string of the molecule is O=C(O)CCCC=CC[C@@H]1C(C=NOC(c2ccccc2)c2ccccc2)[C@@H]2C=C[C@H]1CC2. The van der Waals surface area contributed by atoms with Crippen LogP contribution in [0.4, 0.5) is 0 Å². The second kappa shape index (κ2) is 11.6. The number of carboxylic acid groups (broad SMARTS) is 1. The van der Waals surface area contributed by atoms with Crippen molar-refractivity contribution in [2.24, 2.45) is 28.8 Å². The van der Waals surface area contributed by atoms with Gasteiger partial charge in [0.15, 0.2) is 6.10 Å². The lowest BCUT2D eigenvalue weighted by Crippen LogP contribution is -2.37. The van der Waals surface area contributed by atoms with Crippen molar-refractivity contribution < 1.29 is 14.7 Å². The molecule has 4 nitrogen and oxygen atoms in total. The first kappa shape index (κ1) is 23.0. The van der Waals surface area contributed by atoms with Crippen LogP contribution in [0.5, 0.6) is 0 Å². The number of fused-ring (bicyclic) bond motifs is 2. The first-order valence-electron chi connectivity index (χ1n) is 12.1. The smallest absolute Gasteiger partial charge is 0.303 e. The largest absolute Gasteiger partial charge is 0.481 e. The van der Waals surface area contributed by atoms with Crippen LogP contribution in [-0.4, -0.2) is 17.3 Å². The maximum Gasteiger partial charge on any atom is 0.303 e. The lowest BCUT2D eigenvalue weighted by Gasteiger charge is -2.43. The summed E-state index contributed by atoms with van der Waals surface area (Å²) in [6.07, 6.45) is 16.1. The summed E-state index contributed by atoms with van der Waals surface area (Å²) in [6.45, 7) is 0. The van der Waals surface area contributed by atoms with E-state index in [4.69, 9.17) is 9.94 Å². The molecule has 1 N–H and O–H groups in total. The number of aliphatic carboxylic acids is 1. The molecule has 4 heteroatoms. The topological polar surface area (TPSA) is 58.9 Å². The first-order valence-corrected chi connectivity index (χ1v) is 12.1. The molecule has 2 aromatic rings. The molecular weight excluding hydrogens is 410 g/mol. The van der Waals surface area contributed by atoms with Crippen LogP contribution in [0, 0.1) is 23.7 Å². The van der Waals surface area contributed by atoms with Gasteiger partial charge in [-0.05, 0) is 61.0 Å². The summed E-state index contributed by atoms with van der Waals surface area (Å²) >= 11 is 0. The maximum atomic E-state index is 10.7. The molecule has 0 amide bonds. The molecule has 2 aromatic carbocycles. The predicted molar refractivity (Wildman–Crippen MR) is 132 cm³/mol. The molecule has 1 fully saturated rings. The molecule has 3 aliphatic rings. The Bertz CT molecular complexity index is 927. The van der Waals surface area contributed by atoms with Crippen LogP contribution in [-0.2, 0) is 9.63 Å². The quantitative estimate of drug-likeness (QED) is 0.180. The lowest BCUT2D eigenvalue weighted by atomic mass is 9.62. The molecule has 3 aliphatic carbocycles. The average molecular weight is 444 g/mol. The van der Waals surface area contributed by atoms with Gasteiger partial charge in [0.2, 0.25) is 0 Å². The van der Waals surface area contributed by atoms with Crippen LogP contribution in [0.3, 0.4) is 0 Å². The zero-order valence-electron chi connectivity index (χ0n) is 19.0. The molecule has 0 heterocycles. The highest BCUT2D eigenvalue weighted by Gasteiger charge is 2.39. The van der Waals surface area contributed by atoms with Crippen molar-refractivity contribution in [2.75, 3.05) is 0 Å². The third-order valence-corrected chi connectivity index (χ3v) is 6.92. The number of hydrogen-bond donors (Lipinski definition) is 1. The fraction of sp³-hybridized carbons (Fsp3) is 0.379.